The molecule has 3 aromatic carbocycles. The van der Waals surface area contributed by atoms with Crippen molar-refractivity contribution in [3.05, 3.63) is 112 Å². The van der Waals surface area contributed by atoms with E-state index in [9.17, 15) is 14.7 Å². The third kappa shape index (κ3) is 7.64. The smallest absolute Gasteiger partial charge is 0.296 e. The highest BCUT2D eigenvalue weighted by molar-refractivity contribution is 8.00. The van der Waals surface area contributed by atoms with Crippen LogP contribution in [-0.4, -0.2) is 40.2 Å². The fourth-order valence-electron chi connectivity index (χ4n) is 4.79. The third-order valence-corrected chi connectivity index (χ3v) is 9.25. The van der Waals surface area contributed by atoms with Crippen LogP contribution in [0.15, 0.2) is 94.5 Å². The molecule has 8 nitrogen and oxygen atoms in total. The van der Waals surface area contributed by atoms with Crippen molar-refractivity contribution in [3.63, 3.8) is 0 Å². The van der Waals surface area contributed by atoms with Gasteiger partial charge < -0.3 is 14.6 Å². The van der Waals surface area contributed by atoms with E-state index >= 15 is 0 Å². The van der Waals surface area contributed by atoms with E-state index in [4.69, 9.17) is 9.47 Å². The Kier molecular flexibility index (Phi) is 10.7. The van der Waals surface area contributed by atoms with Crippen LogP contribution in [0.4, 0.5) is 5.13 Å². The Hall–Kier alpha value is -4.41. The first-order chi connectivity index (χ1) is 21.9. The Morgan fingerprint density at radius 2 is 1.80 bits per heavy atom. The summed E-state index contributed by atoms with van der Waals surface area (Å²) in [5.41, 5.74) is 3.66. The molecule has 1 unspecified atom stereocenters. The first kappa shape index (κ1) is 32.0. The minimum Gasteiger partial charge on any atom is -0.503 e. The standard InChI is InChI=1S/C35H35N3O5S2/c1-4-6-20-43-28-19-17-26(21-29(28)42-5-2)31-30(27(39)18-16-24-10-8-7-9-11-24)32(40)33(41)38(31)34-36-37-35(45-34)44-22-25-14-12-23(3)13-15-25/h7-19,21,31,40H,4-6,20,22H2,1-3H3/b18-16+. The van der Waals surface area contributed by atoms with Crippen LogP contribution in [0.2, 0.25) is 0 Å². The Morgan fingerprint density at radius 1 is 1.02 bits per heavy atom. The van der Waals surface area contributed by atoms with Crippen molar-refractivity contribution in [2.45, 2.75) is 49.7 Å². The van der Waals surface area contributed by atoms with E-state index in [-0.39, 0.29) is 10.7 Å². The molecule has 1 aliphatic rings. The van der Waals surface area contributed by atoms with Gasteiger partial charge in [0.2, 0.25) is 5.13 Å². The Morgan fingerprint density at radius 3 is 2.53 bits per heavy atom. The predicted octanol–water partition coefficient (Wildman–Crippen LogP) is 7.90. The zero-order chi connectivity index (χ0) is 31.8. The van der Waals surface area contributed by atoms with Crippen molar-refractivity contribution < 1.29 is 24.2 Å². The molecule has 4 aromatic rings. The second kappa shape index (κ2) is 15.0. The molecule has 10 heteroatoms. The molecule has 0 saturated carbocycles. The lowest BCUT2D eigenvalue weighted by Crippen LogP contribution is -2.31. The van der Waals surface area contributed by atoms with E-state index in [1.807, 2.05) is 44.2 Å². The van der Waals surface area contributed by atoms with Crippen LogP contribution in [0, 0.1) is 6.92 Å². The van der Waals surface area contributed by atoms with Gasteiger partial charge in [0, 0.05) is 5.75 Å². The number of unbranched alkanes of at least 4 members (excludes halogenated alkanes) is 1. The van der Waals surface area contributed by atoms with E-state index < -0.39 is 23.5 Å². The van der Waals surface area contributed by atoms with Crippen molar-refractivity contribution >= 4 is 46.0 Å². The molecule has 2 heterocycles. The molecule has 1 atom stereocenters. The maximum absolute atomic E-state index is 13.7. The number of anilines is 1. The quantitative estimate of drug-likeness (QED) is 0.0642. The number of aliphatic hydroxyl groups excluding tert-OH is 1. The van der Waals surface area contributed by atoms with Crippen molar-refractivity contribution in [2.75, 3.05) is 18.1 Å². The maximum atomic E-state index is 13.7. The molecule has 232 valence electrons. The fourth-order valence-corrected chi connectivity index (χ4v) is 6.62. The average molecular weight is 642 g/mol. The Bertz CT molecular complexity index is 1700. The van der Waals surface area contributed by atoms with Crippen LogP contribution in [0.3, 0.4) is 0 Å². The molecule has 0 aliphatic carbocycles. The lowest BCUT2D eigenvalue weighted by atomic mass is 9.95. The van der Waals surface area contributed by atoms with Gasteiger partial charge in [-0.3, -0.25) is 14.5 Å². The zero-order valence-corrected chi connectivity index (χ0v) is 27.1. The number of aromatic nitrogens is 2. The monoisotopic (exact) mass is 641 g/mol. The molecule has 5 rings (SSSR count). The number of benzene rings is 3. The van der Waals surface area contributed by atoms with Gasteiger partial charge in [-0.15, -0.1) is 10.2 Å². The number of aliphatic hydroxyl groups is 1. The summed E-state index contributed by atoms with van der Waals surface area (Å²) in [4.78, 5) is 28.7. The number of ether oxygens (including phenoxy) is 2. The van der Waals surface area contributed by atoms with Gasteiger partial charge in [0.25, 0.3) is 5.91 Å². The molecule has 1 aliphatic heterocycles. The number of carbonyl (C=O) groups is 2. The van der Waals surface area contributed by atoms with Crippen LogP contribution < -0.4 is 14.4 Å². The number of nitrogens with zero attached hydrogens (tertiary/aromatic N) is 3. The summed E-state index contributed by atoms with van der Waals surface area (Å²) in [5, 5.41) is 20.1. The summed E-state index contributed by atoms with van der Waals surface area (Å²) in [7, 11) is 0. The van der Waals surface area contributed by atoms with E-state index in [0.29, 0.717) is 40.4 Å². The minimum atomic E-state index is -0.961. The normalized spacial score (nSPS) is 14.9. The van der Waals surface area contributed by atoms with Gasteiger partial charge in [-0.1, -0.05) is 109 Å². The lowest BCUT2D eigenvalue weighted by molar-refractivity contribution is -0.117. The van der Waals surface area contributed by atoms with Gasteiger partial charge in [-0.05, 0) is 55.2 Å². The highest BCUT2D eigenvalue weighted by Crippen LogP contribution is 2.45. The van der Waals surface area contributed by atoms with E-state index in [1.54, 1.807) is 24.3 Å². The highest BCUT2D eigenvalue weighted by Gasteiger charge is 2.45. The third-order valence-electron chi connectivity index (χ3n) is 7.12. The molecule has 0 saturated heterocycles. The molecular weight excluding hydrogens is 607 g/mol. The fraction of sp³-hybridized carbons (Fsp3) is 0.257. The molecule has 0 bridgehead atoms. The summed E-state index contributed by atoms with van der Waals surface area (Å²) in [6.07, 6.45) is 4.91. The zero-order valence-electron chi connectivity index (χ0n) is 25.4. The number of hydrogen-bond acceptors (Lipinski definition) is 9. The largest absolute Gasteiger partial charge is 0.503 e. The first-order valence-electron chi connectivity index (χ1n) is 14.8. The summed E-state index contributed by atoms with van der Waals surface area (Å²) >= 11 is 2.74. The first-order valence-corrected chi connectivity index (χ1v) is 16.6. The topological polar surface area (TPSA) is 102 Å². The lowest BCUT2D eigenvalue weighted by Gasteiger charge is -2.24. The van der Waals surface area contributed by atoms with E-state index in [0.717, 1.165) is 24.0 Å². The number of thioether (sulfide) groups is 1. The molecule has 1 amide bonds. The number of aryl methyl sites for hydroxylation is 1. The molecule has 0 radical (unpaired) electrons. The number of allylic oxidation sites excluding steroid dienone is 1. The minimum absolute atomic E-state index is 0.0432. The van der Waals surface area contributed by atoms with Crippen LogP contribution in [-0.2, 0) is 15.3 Å². The Labute approximate surface area is 271 Å². The van der Waals surface area contributed by atoms with Crippen LogP contribution in [0.1, 0.15) is 55.0 Å². The van der Waals surface area contributed by atoms with Crippen molar-refractivity contribution in [1.29, 1.82) is 0 Å². The maximum Gasteiger partial charge on any atom is 0.296 e. The van der Waals surface area contributed by atoms with Crippen molar-refractivity contribution in [3.8, 4) is 11.5 Å². The van der Waals surface area contributed by atoms with Gasteiger partial charge in [0.1, 0.15) is 0 Å². The number of ketones is 1. The van der Waals surface area contributed by atoms with Crippen LogP contribution in [0.5, 0.6) is 11.5 Å². The van der Waals surface area contributed by atoms with Crippen molar-refractivity contribution in [1.82, 2.24) is 10.2 Å². The number of hydrogen-bond donors (Lipinski definition) is 1. The Balaban J connectivity index is 1.50. The molecular formula is C35H35N3O5S2. The molecule has 1 aromatic heterocycles. The van der Waals surface area contributed by atoms with Gasteiger partial charge in [-0.25, -0.2) is 0 Å². The van der Waals surface area contributed by atoms with Crippen molar-refractivity contribution in [2.24, 2.45) is 0 Å². The summed E-state index contributed by atoms with van der Waals surface area (Å²) < 4.78 is 12.5. The van der Waals surface area contributed by atoms with Crippen LogP contribution >= 0.6 is 23.1 Å². The SMILES string of the molecule is CCCCOc1ccc(C2C(C(=O)/C=C/c3ccccc3)=C(O)C(=O)N2c2nnc(SCc3ccc(C)cc3)s2)cc1OCC. The second-order valence-corrected chi connectivity index (χ2v) is 12.6. The van der Waals surface area contributed by atoms with E-state index in [2.05, 4.69) is 41.4 Å². The number of carbonyl (C=O) groups excluding carboxylic acids is 2. The van der Waals surface area contributed by atoms with E-state index in [1.165, 1.54) is 39.6 Å². The number of rotatable bonds is 14. The average Bonchev–Trinajstić information content (AvgIpc) is 3.62. The van der Waals surface area contributed by atoms with Gasteiger partial charge in [0.15, 0.2) is 27.4 Å². The predicted molar refractivity (Wildman–Crippen MR) is 179 cm³/mol. The van der Waals surface area contributed by atoms with Gasteiger partial charge in [-0.2, -0.15) is 0 Å². The molecule has 1 N–H and O–H groups in total. The molecule has 0 fully saturated rings. The highest BCUT2D eigenvalue weighted by atomic mass is 32.2. The summed E-state index contributed by atoms with van der Waals surface area (Å²) in [6.45, 7) is 6.94. The summed E-state index contributed by atoms with van der Waals surface area (Å²) in [6, 6.07) is 22.0. The second-order valence-electron chi connectivity index (χ2n) is 10.4. The molecule has 45 heavy (non-hydrogen) atoms. The van der Waals surface area contributed by atoms with Gasteiger partial charge in [0.05, 0.1) is 24.8 Å². The van der Waals surface area contributed by atoms with Gasteiger partial charge >= 0.3 is 0 Å². The molecule has 0 spiro atoms. The van der Waals surface area contributed by atoms with Crippen LogP contribution in [0.25, 0.3) is 6.08 Å². The number of amides is 1. The summed E-state index contributed by atoms with van der Waals surface area (Å²) in [5.74, 6) is -0.0845.